The molecule has 0 aliphatic carbocycles. The number of sulfone groups is 1. The Labute approximate surface area is 135 Å². The molecule has 2 aromatic rings. The molecule has 1 N–H and O–H groups in total. The molecule has 1 unspecified atom stereocenters. The summed E-state index contributed by atoms with van der Waals surface area (Å²) in [6.45, 7) is 1.36. The highest BCUT2D eigenvalue weighted by molar-refractivity contribution is 7.92. The molecule has 1 aliphatic rings. The maximum absolute atomic E-state index is 11.8. The summed E-state index contributed by atoms with van der Waals surface area (Å²) in [6.07, 6.45) is 4.04. The Morgan fingerprint density at radius 2 is 2.18 bits per heavy atom. The van der Waals surface area contributed by atoms with Crippen molar-refractivity contribution in [1.29, 1.82) is 0 Å². The van der Waals surface area contributed by atoms with Gasteiger partial charge in [-0.2, -0.15) is 0 Å². The lowest BCUT2D eigenvalue weighted by atomic mass is 10.1. The second-order valence-corrected chi connectivity index (χ2v) is 8.51. The van der Waals surface area contributed by atoms with E-state index in [-0.39, 0.29) is 5.25 Å². The zero-order valence-electron chi connectivity index (χ0n) is 12.3. The standard InChI is InChI=1S/C16H19ClN2O2S/c17-15-6-5-12(16-14(15)4-1-8-19-16)11-18-9-7-13-3-2-10-22(13,20)21/h1,4-6,8,13,18H,2-3,7,9-11H2. The minimum atomic E-state index is -2.84. The van der Waals surface area contributed by atoms with Crippen molar-refractivity contribution in [2.75, 3.05) is 12.3 Å². The molecule has 22 heavy (non-hydrogen) atoms. The molecule has 0 radical (unpaired) electrons. The van der Waals surface area contributed by atoms with Gasteiger partial charge in [0.15, 0.2) is 9.84 Å². The SMILES string of the molecule is O=S1(=O)CCCC1CCNCc1ccc(Cl)c2cccnc12. The van der Waals surface area contributed by atoms with Crippen molar-refractivity contribution in [2.24, 2.45) is 0 Å². The molecule has 2 heterocycles. The summed E-state index contributed by atoms with van der Waals surface area (Å²) < 4.78 is 23.6. The van der Waals surface area contributed by atoms with E-state index in [9.17, 15) is 8.42 Å². The number of rotatable bonds is 5. The maximum atomic E-state index is 11.8. The Hall–Kier alpha value is -1.17. The van der Waals surface area contributed by atoms with Crippen LogP contribution in [0, 0.1) is 0 Å². The normalized spacial score (nSPS) is 20.5. The molecular formula is C16H19ClN2O2S. The first kappa shape index (κ1) is 15.7. The molecule has 1 aromatic heterocycles. The van der Waals surface area contributed by atoms with Crippen molar-refractivity contribution in [3.8, 4) is 0 Å². The Morgan fingerprint density at radius 3 is 2.95 bits per heavy atom. The number of hydrogen-bond donors (Lipinski definition) is 1. The summed E-state index contributed by atoms with van der Waals surface area (Å²) in [5.41, 5.74) is 1.98. The second kappa shape index (κ2) is 6.52. The van der Waals surface area contributed by atoms with Crippen LogP contribution in [0.15, 0.2) is 30.5 Å². The van der Waals surface area contributed by atoms with Crippen LogP contribution >= 0.6 is 11.6 Å². The first-order valence-electron chi connectivity index (χ1n) is 7.52. The summed E-state index contributed by atoms with van der Waals surface area (Å²) in [5, 5.41) is 4.81. The number of fused-ring (bicyclic) bond motifs is 1. The molecule has 0 amide bonds. The lowest BCUT2D eigenvalue weighted by molar-refractivity contribution is 0.568. The van der Waals surface area contributed by atoms with E-state index in [0.717, 1.165) is 29.3 Å². The quantitative estimate of drug-likeness (QED) is 0.851. The Balaban J connectivity index is 1.62. The van der Waals surface area contributed by atoms with Gasteiger partial charge in [-0.25, -0.2) is 8.42 Å². The topological polar surface area (TPSA) is 59.1 Å². The summed E-state index contributed by atoms with van der Waals surface area (Å²) in [6, 6.07) is 7.68. The van der Waals surface area contributed by atoms with Crippen LogP contribution in [0.1, 0.15) is 24.8 Å². The van der Waals surface area contributed by atoms with Crippen molar-refractivity contribution in [3.63, 3.8) is 0 Å². The summed E-state index contributed by atoms with van der Waals surface area (Å²) in [5.74, 6) is 0.351. The lowest BCUT2D eigenvalue weighted by Crippen LogP contribution is -2.23. The van der Waals surface area contributed by atoms with E-state index >= 15 is 0 Å². The number of benzene rings is 1. The van der Waals surface area contributed by atoms with E-state index < -0.39 is 9.84 Å². The average molecular weight is 339 g/mol. The van der Waals surface area contributed by atoms with Crippen LogP contribution in [0.2, 0.25) is 5.02 Å². The highest BCUT2D eigenvalue weighted by Gasteiger charge is 2.30. The number of halogens is 1. The minimum Gasteiger partial charge on any atom is -0.313 e. The average Bonchev–Trinajstić information content (AvgIpc) is 2.85. The fraction of sp³-hybridized carbons (Fsp3) is 0.438. The molecule has 1 atom stereocenters. The second-order valence-electron chi connectivity index (χ2n) is 5.70. The van der Waals surface area contributed by atoms with Crippen LogP contribution in [0.5, 0.6) is 0 Å². The number of pyridine rings is 1. The van der Waals surface area contributed by atoms with Crippen LogP contribution in [0.3, 0.4) is 0 Å². The zero-order chi connectivity index (χ0) is 15.6. The Bertz CT molecular complexity index is 777. The van der Waals surface area contributed by atoms with E-state index in [1.807, 2.05) is 24.3 Å². The van der Waals surface area contributed by atoms with Gasteiger partial charge in [-0.1, -0.05) is 17.7 Å². The highest BCUT2D eigenvalue weighted by atomic mass is 35.5. The molecule has 1 aromatic carbocycles. The first-order valence-corrected chi connectivity index (χ1v) is 9.62. The Kier molecular flexibility index (Phi) is 4.66. The highest BCUT2D eigenvalue weighted by Crippen LogP contribution is 2.25. The fourth-order valence-corrected chi connectivity index (χ4v) is 5.13. The van der Waals surface area contributed by atoms with Crippen molar-refractivity contribution in [2.45, 2.75) is 31.1 Å². The van der Waals surface area contributed by atoms with Gasteiger partial charge in [0.2, 0.25) is 0 Å². The molecule has 3 rings (SSSR count). The molecule has 0 spiro atoms. The van der Waals surface area contributed by atoms with Crippen LogP contribution in [-0.4, -0.2) is 30.9 Å². The van der Waals surface area contributed by atoms with E-state index in [2.05, 4.69) is 10.3 Å². The lowest BCUT2D eigenvalue weighted by Gasteiger charge is -2.11. The molecule has 1 saturated heterocycles. The van der Waals surface area contributed by atoms with Gasteiger partial charge in [0.1, 0.15) is 0 Å². The minimum absolute atomic E-state index is 0.167. The van der Waals surface area contributed by atoms with Gasteiger partial charge in [-0.15, -0.1) is 0 Å². The number of aromatic nitrogens is 1. The number of hydrogen-bond acceptors (Lipinski definition) is 4. The van der Waals surface area contributed by atoms with Gasteiger partial charge in [0.25, 0.3) is 0 Å². The smallest absolute Gasteiger partial charge is 0.153 e. The first-order chi connectivity index (χ1) is 10.6. The molecule has 0 saturated carbocycles. The summed E-state index contributed by atoms with van der Waals surface area (Å²) >= 11 is 6.18. The predicted octanol–water partition coefficient (Wildman–Crippen LogP) is 2.95. The van der Waals surface area contributed by atoms with Gasteiger partial charge in [0, 0.05) is 23.2 Å². The van der Waals surface area contributed by atoms with E-state index in [1.54, 1.807) is 6.20 Å². The molecule has 118 valence electrons. The Morgan fingerprint density at radius 1 is 1.32 bits per heavy atom. The van der Waals surface area contributed by atoms with Crippen molar-refractivity contribution >= 4 is 32.3 Å². The van der Waals surface area contributed by atoms with Crippen molar-refractivity contribution in [3.05, 3.63) is 41.0 Å². The van der Waals surface area contributed by atoms with Crippen LogP contribution < -0.4 is 5.32 Å². The van der Waals surface area contributed by atoms with Gasteiger partial charge in [-0.3, -0.25) is 4.98 Å². The molecule has 6 heteroatoms. The van der Waals surface area contributed by atoms with Crippen LogP contribution in [-0.2, 0) is 16.4 Å². The molecule has 1 fully saturated rings. The van der Waals surface area contributed by atoms with Gasteiger partial charge < -0.3 is 5.32 Å². The molecule has 0 bridgehead atoms. The number of nitrogens with one attached hydrogen (secondary N) is 1. The number of nitrogens with zero attached hydrogens (tertiary/aromatic N) is 1. The predicted molar refractivity (Wildman–Crippen MR) is 89.9 cm³/mol. The third kappa shape index (κ3) is 3.26. The summed E-state index contributed by atoms with van der Waals surface area (Å²) in [7, 11) is -2.84. The van der Waals surface area contributed by atoms with Crippen LogP contribution in [0.25, 0.3) is 10.9 Å². The van der Waals surface area contributed by atoms with Crippen LogP contribution in [0.4, 0.5) is 0 Å². The molecule has 1 aliphatic heterocycles. The van der Waals surface area contributed by atoms with Gasteiger partial charge >= 0.3 is 0 Å². The zero-order valence-corrected chi connectivity index (χ0v) is 13.8. The van der Waals surface area contributed by atoms with Gasteiger partial charge in [-0.05, 0) is 49.6 Å². The third-order valence-corrected chi connectivity index (χ3v) is 6.90. The van der Waals surface area contributed by atoms with E-state index in [1.165, 1.54) is 0 Å². The maximum Gasteiger partial charge on any atom is 0.153 e. The summed E-state index contributed by atoms with van der Waals surface area (Å²) in [4.78, 5) is 4.40. The molecular weight excluding hydrogens is 320 g/mol. The third-order valence-electron chi connectivity index (χ3n) is 4.22. The monoisotopic (exact) mass is 338 g/mol. The van der Waals surface area contributed by atoms with Crippen molar-refractivity contribution in [1.82, 2.24) is 10.3 Å². The fourth-order valence-electron chi connectivity index (χ4n) is 3.01. The molecule has 4 nitrogen and oxygen atoms in total. The van der Waals surface area contributed by atoms with Gasteiger partial charge in [0.05, 0.1) is 16.5 Å². The van der Waals surface area contributed by atoms with E-state index in [0.29, 0.717) is 30.3 Å². The largest absolute Gasteiger partial charge is 0.313 e. The van der Waals surface area contributed by atoms with E-state index in [4.69, 9.17) is 11.6 Å². The van der Waals surface area contributed by atoms with Crippen molar-refractivity contribution < 1.29 is 8.42 Å².